The van der Waals surface area contributed by atoms with Gasteiger partial charge in [0.15, 0.2) is 5.78 Å². The van der Waals surface area contributed by atoms with Gasteiger partial charge in [0.05, 0.1) is 24.9 Å². The number of nitrogens with two attached hydrogens (primary N) is 1. The van der Waals surface area contributed by atoms with Crippen molar-refractivity contribution in [3.63, 3.8) is 0 Å². The normalized spacial score (nSPS) is 13.8. The highest BCUT2D eigenvalue weighted by atomic mass is 35.5. The van der Waals surface area contributed by atoms with Crippen LogP contribution >= 0.6 is 11.6 Å². The molecule has 1 aliphatic heterocycles. The van der Waals surface area contributed by atoms with Crippen molar-refractivity contribution in [2.45, 2.75) is 26.8 Å². The smallest absolute Gasteiger partial charge is 0.223 e. The number of nitrogens with zero attached hydrogens (tertiary/aromatic N) is 4. The molecule has 0 amide bonds. The van der Waals surface area contributed by atoms with Gasteiger partial charge in [0, 0.05) is 30.3 Å². The summed E-state index contributed by atoms with van der Waals surface area (Å²) in [5, 5.41) is 0.0957. The lowest BCUT2D eigenvalue weighted by Gasteiger charge is -2.30. The maximum absolute atomic E-state index is 12.2. The van der Waals surface area contributed by atoms with Crippen LogP contribution in [0.4, 0.5) is 11.8 Å². The first kappa shape index (κ1) is 16.4. The Labute approximate surface area is 144 Å². The molecule has 1 aliphatic rings. The van der Waals surface area contributed by atoms with E-state index in [2.05, 4.69) is 15.0 Å². The number of ether oxygens (including phenoxy) is 1. The number of hydrogen-bond acceptors (Lipinski definition) is 7. The third-order valence-electron chi connectivity index (χ3n) is 4.14. The highest BCUT2D eigenvalue weighted by Crippen LogP contribution is 2.32. The van der Waals surface area contributed by atoms with E-state index >= 15 is 0 Å². The molecule has 7 nitrogen and oxygen atoms in total. The second kappa shape index (κ2) is 6.24. The molecule has 3 rings (SSSR count). The molecule has 3 heterocycles. The molecule has 0 bridgehead atoms. The highest BCUT2D eigenvalue weighted by Gasteiger charge is 2.29. The van der Waals surface area contributed by atoms with Gasteiger partial charge < -0.3 is 15.4 Å². The van der Waals surface area contributed by atoms with Crippen LogP contribution in [0.25, 0.3) is 0 Å². The van der Waals surface area contributed by atoms with Crippen molar-refractivity contribution < 1.29 is 9.53 Å². The van der Waals surface area contributed by atoms with Gasteiger partial charge in [-0.1, -0.05) is 11.6 Å². The summed E-state index contributed by atoms with van der Waals surface area (Å²) in [7, 11) is 1.64. The van der Waals surface area contributed by atoms with Gasteiger partial charge in [-0.15, -0.1) is 0 Å². The maximum Gasteiger partial charge on any atom is 0.223 e. The standard InChI is InChI=1S/C16H18ClN5O2/c1-8-6-19-10(9(2)13(8)24-3)7-22-5-4-11(23)12-14(17)20-16(18)21-15(12)22/h6H,4-5,7H2,1-3H3,(H2,18,20,21). The van der Waals surface area contributed by atoms with Crippen LogP contribution in [-0.2, 0) is 6.54 Å². The first-order chi connectivity index (χ1) is 11.4. The van der Waals surface area contributed by atoms with Crippen molar-refractivity contribution in [2.24, 2.45) is 0 Å². The van der Waals surface area contributed by atoms with E-state index in [0.717, 1.165) is 22.6 Å². The van der Waals surface area contributed by atoms with E-state index in [1.54, 1.807) is 13.3 Å². The van der Waals surface area contributed by atoms with Crippen molar-refractivity contribution in [1.29, 1.82) is 0 Å². The SMILES string of the molecule is COc1c(C)cnc(CN2CCC(=O)c3c(Cl)nc(N)nc32)c1C. The first-order valence-corrected chi connectivity index (χ1v) is 7.90. The highest BCUT2D eigenvalue weighted by molar-refractivity contribution is 6.33. The Hall–Kier alpha value is -2.41. The summed E-state index contributed by atoms with van der Waals surface area (Å²) in [6.45, 7) is 4.92. The van der Waals surface area contributed by atoms with Crippen LogP contribution in [0.15, 0.2) is 6.20 Å². The number of anilines is 2. The molecule has 126 valence electrons. The Bertz CT molecular complexity index is 825. The summed E-state index contributed by atoms with van der Waals surface area (Å²) in [5.41, 5.74) is 8.82. The molecular formula is C16H18ClN5O2. The number of halogens is 1. The number of ketones is 1. The van der Waals surface area contributed by atoms with Crippen LogP contribution in [-0.4, -0.2) is 34.4 Å². The summed E-state index contributed by atoms with van der Waals surface area (Å²) in [4.78, 5) is 26.7. The topological polar surface area (TPSA) is 94.2 Å². The molecule has 0 saturated carbocycles. The molecule has 0 fully saturated rings. The van der Waals surface area contributed by atoms with E-state index in [1.807, 2.05) is 18.7 Å². The lowest BCUT2D eigenvalue weighted by molar-refractivity contribution is 0.0979. The van der Waals surface area contributed by atoms with Crippen molar-refractivity contribution in [1.82, 2.24) is 15.0 Å². The van der Waals surface area contributed by atoms with Crippen molar-refractivity contribution in [3.8, 4) is 5.75 Å². The molecule has 0 spiro atoms. The molecule has 0 aliphatic carbocycles. The molecule has 0 aromatic carbocycles. The number of pyridine rings is 1. The fourth-order valence-corrected chi connectivity index (χ4v) is 3.22. The van der Waals surface area contributed by atoms with E-state index in [1.165, 1.54) is 0 Å². The van der Waals surface area contributed by atoms with Crippen LogP contribution in [0.1, 0.15) is 33.6 Å². The minimum atomic E-state index is -0.0718. The van der Waals surface area contributed by atoms with E-state index in [9.17, 15) is 4.79 Å². The Morgan fingerprint density at radius 2 is 2.12 bits per heavy atom. The van der Waals surface area contributed by atoms with Crippen LogP contribution in [0.3, 0.4) is 0 Å². The van der Waals surface area contributed by atoms with Crippen LogP contribution in [0.5, 0.6) is 5.75 Å². The van der Waals surface area contributed by atoms with Gasteiger partial charge in [-0.25, -0.2) is 4.98 Å². The summed E-state index contributed by atoms with van der Waals surface area (Å²) in [5.74, 6) is 1.25. The Kier molecular flexibility index (Phi) is 4.28. The largest absolute Gasteiger partial charge is 0.496 e. The van der Waals surface area contributed by atoms with E-state index < -0.39 is 0 Å². The average Bonchev–Trinajstić information content (AvgIpc) is 2.52. The predicted octanol–water partition coefficient (Wildman–Crippen LogP) is 2.33. The number of fused-ring (bicyclic) bond motifs is 1. The van der Waals surface area contributed by atoms with Crippen LogP contribution in [0, 0.1) is 13.8 Å². The number of aryl methyl sites for hydroxylation is 1. The van der Waals surface area contributed by atoms with E-state index in [-0.39, 0.29) is 16.9 Å². The molecule has 2 aromatic heterocycles. The molecule has 2 N–H and O–H groups in total. The zero-order chi connectivity index (χ0) is 17.4. The first-order valence-electron chi connectivity index (χ1n) is 7.52. The minimum absolute atomic E-state index is 0.0459. The monoisotopic (exact) mass is 347 g/mol. The fraction of sp³-hybridized carbons (Fsp3) is 0.375. The van der Waals surface area contributed by atoms with Gasteiger partial charge in [-0.3, -0.25) is 9.78 Å². The van der Waals surface area contributed by atoms with Crippen molar-refractivity contribution >= 4 is 29.2 Å². The van der Waals surface area contributed by atoms with Crippen LogP contribution in [0.2, 0.25) is 5.15 Å². The van der Waals surface area contributed by atoms with Gasteiger partial charge >= 0.3 is 0 Å². The summed E-state index contributed by atoms with van der Waals surface area (Å²) in [6.07, 6.45) is 2.13. The second-order valence-electron chi connectivity index (χ2n) is 5.71. The van der Waals surface area contributed by atoms with Gasteiger partial charge in [-0.2, -0.15) is 4.98 Å². The fourth-order valence-electron chi connectivity index (χ4n) is 2.94. The molecule has 2 aromatic rings. The number of hydrogen-bond donors (Lipinski definition) is 1. The quantitative estimate of drug-likeness (QED) is 0.851. The third kappa shape index (κ3) is 2.75. The zero-order valence-electron chi connectivity index (χ0n) is 13.8. The second-order valence-corrected chi connectivity index (χ2v) is 6.07. The average molecular weight is 348 g/mol. The minimum Gasteiger partial charge on any atom is -0.496 e. The van der Waals surface area contributed by atoms with Gasteiger partial charge in [0.1, 0.15) is 16.7 Å². The Balaban J connectivity index is 2.02. The molecule has 8 heteroatoms. The zero-order valence-corrected chi connectivity index (χ0v) is 14.5. The molecule has 24 heavy (non-hydrogen) atoms. The third-order valence-corrected chi connectivity index (χ3v) is 4.41. The Morgan fingerprint density at radius 1 is 1.38 bits per heavy atom. The number of methoxy groups -OCH3 is 1. The number of rotatable bonds is 3. The number of aromatic nitrogens is 3. The number of carbonyl (C=O) groups excluding carboxylic acids is 1. The van der Waals surface area contributed by atoms with Crippen molar-refractivity contribution in [3.05, 3.63) is 33.7 Å². The lowest BCUT2D eigenvalue weighted by atomic mass is 10.0. The lowest BCUT2D eigenvalue weighted by Crippen LogP contribution is -2.34. The van der Waals surface area contributed by atoms with Crippen LogP contribution < -0.4 is 15.4 Å². The molecular weight excluding hydrogens is 330 g/mol. The molecule has 0 radical (unpaired) electrons. The number of carbonyl (C=O) groups is 1. The maximum atomic E-state index is 12.2. The number of nitrogen functional groups attached to an aromatic ring is 1. The molecule has 0 saturated heterocycles. The summed E-state index contributed by atoms with van der Waals surface area (Å²) in [6, 6.07) is 0. The van der Waals surface area contributed by atoms with E-state index in [0.29, 0.717) is 30.9 Å². The van der Waals surface area contributed by atoms with Crippen molar-refractivity contribution in [2.75, 3.05) is 24.3 Å². The molecule has 0 unspecified atom stereocenters. The molecule has 0 atom stereocenters. The van der Waals surface area contributed by atoms with Gasteiger partial charge in [0.2, 0.25) is 5.95 Å². The van der Waals surface area contributed by atoms with Gasteiger partial charge in [0.25, 0.3) is 0 Å². The summed E-state index contributed by atoms with van der Waals surface area (Å²) < 4.78 is 5.45. The van der Waals surface area contributed by atoms with Gasteiger partial charge in [-0.05, 0) is 13.8 Å². The number of Topliss-reactive ketones (excluding diaryl/α,β-unsaturated/α-hetero) is 1. The predicted molar refractivity (Wildman–Crippen MR) is 91.7 cm³/mol. The van der Waals surface area contributed by atoms with E-state index in [4.69, 9.17) is 22.1 Å². The Morgan fingerprint density at radius 3 is 2.83 bits per heavy atom. The summed E-state index contributed by atoms with van der Waals surface area (Å²) >= 11 is 6.10.